The molecule has 37 heavy (non-hydrogen) atoms. The molecule has 0 radical (unpaired) electrons. The third kappa shape index (κ3) is 7.18. The number of aromatic nitrogens is 3. The number of pyridine rings is 1. The predicted octanol–water partition coefficient (Wildman–Crippen LogP) is 4.66. The molecule has 0 aliphatic heterocycles. The van der Waals surface area contributed by atoms with Gasteiger partial charge in [0.1, 0.15) is 29.7 Å². The number of nitrogens with one attached hydrogen (secondary N) is 2. The minimum Gasteiger partial charge on any atom is -0.488 e. The lowest BCUT2D eigenvalue weighted by Gasteiger charge is -2.11. The zero-order valence-corrected chi connectivity index (χ0v) is 20.8. The number of methoxy groups -OCH3 is 1. The summed E-state index contributed by atoms with van der Waals surface area (Å²) in [6, 6.07) is 13.7. The summed E-state index contributed by atoms with van der Waals surface area (Å²) >= 11 is 0. The lowest BCUT2D eigenvalue weighted by Crippen LogP contribution is -2.27. The van der Waals surface area contributed by atoms with Crippen LogP contribution in [0.25, 0.3) is 10.8 Å². The molecule has 4 aromatic rings. The van der Waals surface area contributed by atoms with Gasteiger partial charge in [0.2, 0.25) is 0 Å². The van der Waals surface area contributed by atoms with Gasteiger partial charge in [-0.15, -0.1) is 0 Å². The van der Waals surface area contributed by atoms with E-state index in [4.69, 9.17) is 9.47 Å². The molecular weight excluding hydrogens is 476 g/mol. The first kappa shape index (κ1) is 27.0. The van der Waals surface area contributed by atoms with Crippen molar-refractivity contribution in [1.82, 2.24) is 20.3 Å². The highest BCUT2D eigenvalue weighted by molar-refractivity contribution is 5.95. The fraction of sp³-hybridized carbons (Fsp3) is 0.231. The van der Waals surface area contributed by atoms with E-state index in [1.165, 1.54) is 18.5 Å². The zero-order chi connectivity index (χ0) is 26.6. The Kier molecular flexibility index (Phi) is 9.80. The number of non-ortho nitro benzene ring substituents is 1. The second kappa shape index (κ2) is 13.4. The molecule has 0 aliphatic carbocycles. The van der Waals surface area contributed by atoms with Crippen LogP contribution < -0.4 is 15.4 Å². The summed E-state index contributed by atoms with van der Waals surface area (Å²) in [4.78, 5) is 35.5. The van der Waals surface area contributed by atoms with Crippen molar-refractivity contribution >= 4 is 34.0 Å². The molecule has 11 nitrogen and oxygen atoms in total. The minimum absolute atomic E-state index is 0.0305. The van der Waals surface area contributed by atoms with Gasteiger partial charge in [-0.2, -0.15) is 0 Å². The number of carbonyl (C=O) groups excluding carboxylic acids is 1. The molecule has 4 rings (SSSR count). The smallest absolute Gasteiger partial charge is 0.277 e. The molecule has 0 spiro atoms. The number of hydrogen-bond donors (Lipinski definition) is 2. The first-order valence-electron chi connectivity index (χ1n) is 11.6. The average Bonchev–Trinajstić information content (AvgIpc) is 2.93. The molecule has 0 bridgehead atoms. The lowest BCUT2D eigenvalue weighted by molar-refractivity contribution is -0.383. The van der Waals surface area contributed by atoms with E-state index in [2.05, 4.69) is 25.6 Å². The van der Waals surface area contributed by atoms with E-state index in [1.54, 1.807) is 49.7 Å². The van der Waals surface area contributed by atoms with Crippen LogP contribution in [0.5, 0.6) is 5.75 Å². The third-order valence-corrected chi connectivity index (χ3v) is 5.01. The summed E-state index contributed by atoms with van der Waals surface area (Å²) in [6.07, 6.45) is 4.44. The van der Waals surface area contributed by atoms with Crippen molar-refractivity contribution in [3.05, 3.63) is 88.5 Å². The fourth-order valence-electron chi connectivity index (χ4n) is 3.33. The number of ether oxygens (including phenoxy) is 2. The largest absolute Gasteiger partial charge is 0.488 e. The van der Waals surface area contributed by atoms with Crippen molar-refractivity contribution in [1.29, 1.82) is 0 Å². The van der Waals surface area contributed by atoms with Gasteiger partial charge >= 0.3 is 0 Å². The van der Waals surface area contributed by atoms with Crippen LogP contribution in [0.1, 0.15) is 29.9 Å². The standard InChI is InChI=1S/C24H22N6O5.C2H6/c1-34-11-10-26-24(31)19-13-28-23(14-27-19)29-22-12-16(8-9-25-22)15-35-21-7-6-20(30(32)33)17-4-2-3-5-18(17)21;1-2/h2-9,12-14H,10-11,15H2,1H3,(H,26,31)(H,25,28,29);1-2H3. The number of carbonyl (C=O) groups is 1. The number of benzene rings is 2. The van der Waals surface area contributed by atoms with Gasteiger partial charge in [-0.3, -0.25) is 14.9 Å². The molecule has 2 aromatic carbocycles. The Hall–Kier alpha value is -4.64. The van der Waals surface area contributed by atoms with Crippen LogP contribution in [0, 0.1) is 10.1 Å². The fourth-order valence-corrected chi connectivity index (χ4v) is 3.33. The molecule has 11 heteroatoms. The summed E-state index contributed by atoms with van der Waals surface area (Å²) in [5, 5.41) is 18.2. The number of anilines is 2. The SMILES string of the molecule is CC.COCCNC(=O)c1cnc(Nc2cc(COc3ccc([N+](=O)[O-])c4ccccc34)ccn2)cn1. The number of nitro groups is 1. The first-order valence-corrected chi connectivity index (χ1v) is 11.6. The Bertz CT molecular complexity index is 1350. The molecule has 2 aromatic heterocycles. The summed E-state index contributed by atoms with van der Waals surface area (Å²) in [5.74, 6) is 1.15. The van der Waals surface area contributed by atoms with Crippen LogP contribution in [0.3, 0.4) is 0 Å². The Balaban J connectivity index is 0.00000186. The Morgan fingerprint density at radius 2 is 1.78 bits per heavy atom. The number of rotatable bonds is 10. The van der Waals surface area contributed by atoms with Crippen molar-refractivity contribution in [2.75, 3.05) is 25.6 Å². The predicted molar refractivity (Wildman–Crippen MR) is 140 cm³/mol. The van der Waals surface area contributed by atoms with Crippen LogP contribution >= 0.6 is 0 Å². The molecular formula is C26H28N6O5. The van der Waals surface area contributed by atoms with Gasteiger partial charge in [-0.1, -0.05) is 32.0 Å². The van der Waals surface area contributed by atoms with Gasteiger partial charge in [0.15, 0.2) is 0 Å². The third-order valence-electron chi connectivity index (χ3n) is 5.01. The van der Waals surface area contributed by atoms with Crippen LogP contribution in [-0.2, 0) is 11.3 Å². The van der Waals surface area contributed by atoms with Crippen LogP contribution in [0.2, 0.25) is 0 Å². The first-order chi connectivity index (χ1) is 18.0. The van der Waals surface area contributed by atoms with Crippen LogP contribution in [0.15, 0.2) is 67.1 Å². The molecule has 0 aliphatic rings. The van der Waals surface area contributed by atoms with Gasteiger partial charge in [0, 0.05) is 31.3 Å². The highest BCUT2D eigenvalue weighted by Crippen LogP contribution is 2.33. The highest BCUT2D eigenvalue weighted by Gasteiger charge is 2.15. The maximum atomic E-state index is 12.0. The van der Waals surface area contributed by atoms with Gasteiger partial charge in [-0.05, 0) is 29.8 Å². The van der Waals surface area contributed by atoms with Crippen LogP contribution in [-0.4, -0.2) is 46.0 Å². The minimum atomic E-state index is -0.407. The molecule has 0 fully saturated rings. The van der Waals surface area contributed by atoms with Gasteiger partial charge in [-0.25, -0.2) is 15.0 Å². The summed E-state index contributed by atoms with van der Waals surface area (Å²) in [7, 11) is 1.55. The van der Waals surface area contributed by atoms with E-state index in [-0.39, 0.29) is 23.9 Å². The second-order valence-electron chi connectivity index (χ2n) is 7.38. The Morgan fingerprint density at radius 3 is 2.49 bits per heavy atom. The van der Waals surface area contributed by atoms with Gasteiger partial charge in [0.05, 0.1) is 29.3 Å². The number of nitro benzene ring substituents is 1. The summed E-state index contributed by atoms with van der Waals surface area (Å²) in [5.41, 5.74) is 1.05. The molecule has 0 saturated heterocycles. The number of fused-ring (bicyclic) bond motifs is 1. The Labute approximate surface area is 214 Å². The topological polar surface area (TPSA) is 141 Å². The molecule has 0 atom stereocenters. The second-order valence-corrected chi connectivity index (χ2v) is 7.38. The molecule has 192 valence electrons. The van der Waals surface area contributed by atoms with Crippen LogP contribution in [0.4, 0.5) is 17.3 Å². The van der Waals surface area contributed by atoms with Crippen molar-refractivity contribution in [3.8, 4) is 5.75 Å². The number of hydrogen-bond acceptors (Lipinski definition) is 9. The van der Waals surface area contributed by atoms with E-state index in [0.717, 1.165) is 5.56 Å². The van der Waals surface area contributed by atoms with E-state index in [9.17, 15) is 14.9 Å². The molecule has 0 unspecified atom stereocenters. The number of amides is 1. The summed E-state index contributed by atoms with van der Waals surface area (Å²) in [6.45, 7) is 5.02. The molecule has 2 heterocycles. The normalized spacial score (nSPS) is 10.2. The van der Waals surface area contributed by atoms with Gasteiger partial charge < -0.3 is 20.1 Å². The molecule has 2 N–H and O–H groups in total. The van der Waals surface area contributed by atoms with Crippen molar-refractivity contribution < 1.29 is 19.2 Å². The lowest BCUT2D eigenvalue weighted by atomic mass is 10.1. The summed E-state index contributed by atoms with van der Waals surface area (Å²) < 4.78 is 10.9. The maximum Gasteiger partial charge on any atom is 0.277 e. The van der Waals surface area contributed by atoms with E-state index in [0.29, 0.717) is 41.3 Å². The van der Waals surface area contributed by atoms with Crippen molar-refractivity contribution in [2.24, 2.45) is 0 Å². The van der Waals surface area contributed by atoms with Gasteiger partial charge in [0.25, 0.3) is 11.6 Å². The average molecular weight is 505 g/mol. The highest BCUT2D eigenvalue weighted by atomic mass is 16.6. The quantitative estimate of drug-likeness (QED) is 0.179. The van der Waals surface area contributed by atoms with E-state index in [1.807, 2.05) is 19.9 Å². The maximum absolute atomic E-state index is 12.0. The monoisotopic (exact) mass is 504 g/mol. The van der Waals surface area contributed by atoms with Crippen molar-refractivity contribution in [3.63, 3.8) is 0 Å². The Morgan fingerprint density at radius 1 is 1.00 bits per heavy atom. The molecule has 1 amide bonds. The zero-order valence-electron chi connectivity index (χ0n) is 20.8. The van der Waals surface area contributed by atoms with E-state index < -0.39 is 4.92 Å². The van der Waals surface area contributed by atoms with Crippen molar-refractivity contribution in [2.45, 2.75) is 20.5 Å². The molecule has 0 saturated carbocycles. The number of nitrogens with zero attached hydrogens (tertiary/aromatic N) is 4. The van der Waals surface area contributed by atoms with E-state index >= 15 is 0 Å².